The van der Waals surface area contributed by atoms with E-state index in [1.165, 1.54) is 16.4 Å². The van der Waals surface area contributed by atoms with E-state index in [0.717, 1.165) is 0 Å². The lowest BCUT2D eigenvalue weighted by Gasteiger charge is -2.20. The summed E-state index contributed by atoms with van der Waals surface area (Å²) >= 11 is 0. The van der Waals surface area contributed by atoms with Gasteiger partial charge >= 0.3 is 0 Å². The van der Waals surface area contributed by atoms with Crippen molar-refractivity contribution in [2.24, 2.45) is 5.92 Å². The van der Waals surface area contributed by atoms with E-state index in [1.807, 2.05) is 19.9 Å². The van der Waals surface area contributed by atoms with Crippen molar-refractivity contribution in [3.05, 3.63) is 29.3 Å². The number of aryl methyl sites for hydroxylation is 1. The SMILES string of the molecule is Cc1cc(C#N)ccc1S(=O)(=O)N(C)CC(C)C. The summed E-state index contributed by atoms with van der Waals surface area (Å²) in [6.45, 7) is 6.12. The number of hydrogen-bond acceptors (Lipinski definition) is 3. The van der Waals surface area contributed by atoms with Crippen LogP contribution in [-0.4, -0.2) is 26.3 Å². The first kappa shape index (κ1) is 14.7. The fourth-order valence-corrected chi connectivity index (χ4v) is 3.32. The molecule has 0 saturated carbocycles. The van der Waals surface area contributed by atoms with Crippen LogP contribution in [0.3, 0.4) is 0 Å². The zero-order valence-electron chi connectivity index (χ0n) is 11.1. The normalized spacial score (nSPS) is 11.8. The average molecular weight is 266 g/mol. The molecule has 98 valence electrons. The third kappa shape index (κ3) is 3.09. The van der Waals surface area contributed by atoms with E-state index in [0.29, 0.717) is 17.7 Å². The maximum atomic E-state index is 12.3. The first-order chi connectivity index (χ1) is 8.28. The molecule has 0 atom stereocenters. The molecule has 1 aromatic carbocycles. The largest absolute Gasteiger partial charge is 0.243 e. The van der Waals surface area contributed by atoms with E-state index >= 15 is 0 Å². The zero-order valence-corrected chi connectivity index (χ0v) is 12.0. The molecular formula is C13H18N2O2S. The third-order valence-corrected chi connectivity index (χ3v) is 4.60. The summed E-state index contributed by atoms with van der Waals surface area (Å²) in [4.78, 5) is 0.268. The van der Waals surface area contributed by atoms with Gasteiger partial charge in [-0.25, -0.2) is 12.7 Å². The van der Waals surface area contributed by atoms with Crippen LogP contribution < -0.4 is 0 Å². The van der Waals surface area contributed by atoms with Gasteiger partial charge in [0.25, 0.3) is 0 Å². The Morgan fingerprint density at radius 1 is 1.39 bits per heavy atom. The van der Waals surface area contributed by atoms with Crippen molar-refractivity contribution in [2.45, 2.75) is 25.7 Å². The van der Waals surface area contributed by atoms with Crippen molar-refractivity contribution in [1.82, 2.24) is 4.31 Å². The van der Waals surface area contributed by atoms with E-state index in [9.17, 15) is 8.42 Å². The minimum atomic E-state index is -3.47. The van der Waals surface area contributed by atoms with Crippen LogP contribution in [0, 0.1) is 24.2 Å². The molecule has 0 saturated heterocycles. The van der Waals surface area contributed by atoms with Gasteiger partial charge in [0.2, 0.25) is 10.0 Å². The Labute approximate surface area is 109 Å². The third-order valence-electron chi connectivity index (χ3n) is 2.61. The molecule has 4 nitrogen and oxygen atoms in total. The second-order valence-corrected chi connectivity index (χ2v) is 6.78. The molecule has 0 aliphatic heterocycles. The number of nitrogens with zero attached hydrogens (tertiary/aromatic N) is 2. The summed E-state index contributed by atoms with van der Waals surface area (Å²) in [5, 5.41) is 8.77. The van der Waals surface area contributed by atoms with Crippen LogP contribution in [0.15, 0.2) is 23.1 Å². The van der Waals surface area contributed by atoms with Crippen LogP contribution >= 0.6 is 0 Å². The second-order valence-electron chi connectivity index (χ2n) is 4.77. The van der Waals surface area contributed by atoms with E-state index in [-0.39, 0.29) is 10.8 Å². The number of hydrogen-bond donors (Lipinski definition) is 0. The van der Waals surface area contributed by atoms with Crippen molar-refractivity contribution in [3.8, 4) is 6.07 Å². The maximum Gasteiger partial charge on any atom is 0.243 e. The standard InChI is InChI=1S/C13H18N2O2S/c1-10(2)9-15(4)18(16,17)13-6-5-12(8-14)7-11(13)3/h5-7,10H,9H2,1-4H3. The molecule has 1 aromatic rings. The number of rotatable bonds is 4. The molecule has 0 N–H and O–H groups in total. The Bertz CT molecular complexity index is 571. The Balaban J connectivity index is 3.17. The van der Waals surface area contributed by atoms with Gasteiger partial charge in [0, 0.05) is 13.6 Å². The Kier molecular flexibility index (Phi) is 4.49. The van der Waals surface area contributed by atoms with Crippen molar-refractivity contribution in [2.75, 3.05) is 13.6 Å². The fraction of sp³-hybridized carbons (Fsp3) is 0.462. The summed E-state index contributed by atoms with van der Waals surface area (Å²) < 4.78 is 26.0. The minimum Gasteiger partial charge on any atom is -0.207 e. The van der Waals surface area contributed by atoms with Crippen LogP contribution in [0.25, 0.3) is 0 Å². The molecule has 0 aliphatic carbocycles. The summed E-state index contributed by atoms with van der Waals surface area (Å²) in [5.41, 5.74) is 1.07. The van der Waals surface area contributed by atoms with Gasteiger partial charge in [-0.05, 0) is 36.6 Å². The number of nitriles is 1. The minimum absolute atomic E-state index is 0.267. The molecule has 0 spiro atoms. The van der Waals surface area contributed by atoms with Gasteiger partial charge in [0.15, 0.2) is 0 Å². The highest BCUT2D eigenvalue weighted by Crippen LogP contribution is 2.20. The highest BCUT2D eigenvalue weighted by Gasteiger charge is 2.23. The quantitative estimate of drug-likeness (QED) is 0.839. The predicted octanol–water partition coefficient (Wildman–Crippen LogP) is 2.14. The van der Waals surface area contributed by atoms with Crippen LogP contribution in [0.2, 0.25) is 0 Å². The van der Waals surface area contributed by atoms with Gasteiger partial charge in [-0.3, -0.25) is 0 Å². The molecule has 0 amide bonds. The smallest absolute Gasteiger partial charge is 0.207 e. The molecule has 0 radical (unpaired) electrons. The van der Waals surface area contributed by atoms with Crippen molar-refractivity contribution >= 4 is 10.0 Å². The topological polar surface area (TPSA) is 61.2 Å². The molecule has 0 unspecified atom stereocenters. The van der Waals surface area contributed by atoms with Gasteiger partial charge in [0.05, 0.1) is 16.5 Å². The Morgan fingerprint density at radius 2 is 2.00 bits per heavy atom. The molecule has 18 heavy (non-hydrogen) atoms. The fourth-order valence-electron chi connectivity index (χ4n) is 1.79. The molecule has 0 aromatic heterocycles. The molecular weight excluding hydrogens is 248 g/mol. The molecule has 0 fully saturated rings. The zero-order chi connectivity index (χ0) is 13.9. The summed E-state index contributed by atoms with van der Waals surface area (Å²) in [6.07, 6.45) is 0. The highest BCUT2D eigenvalue weighted by atomic mass is 32.2. The highest BCUT2D eigenvalue weighted by molar-refractivity contribution is 7.89. The van der Waals surface area contributed by atoms with Crippen LogP contribution in [-0.2, 0) is 10.0 Å². The summed E-state index contributed by atoms with van der Waals surface area (Å²) in [6, 6.07) is 6.62. The lowest BCUT2D eigenvalue weighted by atomic mass is 10.2. The first-order valence-corrected chi connectivity index (χ1v) is 7.20. The van der Waals surface area contributed by atoms with Crippen molar-refractivity contribution in [1.29, 1.82) is 5.26 Å². The molecule has 0 aliphatic rings. The monoisotopic (exact) mass is 266 g/mol. The molecule has 1 rings (SSSR count). The van der Waals surface area contributed by atoms with Crippen LogP contribution in [0.4, 0.5) is 0 Å². The maximum absolute atomic E-state index is 12.3. The van der Waals surface area contributed by atoms with E-state index in [4.69, 9.17) is 5.26 Å². The van der Waals surface area contributed by atoms with Crippen molar-refractivity contribution in [3.63, 3.8) is 0 Å². The van der Waals surface area contributed by atoms with Gasteiger partial charge in [-0.15, -0.1) is 0 Å². The number of sulfonamides is 1. The van der Waals surface area contributed by atoms with Crippen molar-refractivity contribution < 1.29 is 8.42 Å². The Morgan fingerprint density at radius 3 is 2.44 bits per heavy atom. The second kappa shape index (κ2) is 5.51. The Hall–Kier alpha value is -1.38. The predicted molar refractivity (Wildman–Crippen MR) is 70.5 cm³/mol. The van der Waals surface area contributed by atoms with E-state index in [2.05, 4.69) is 0 Å². The molecule has 0 bridgehead atoms. The van der Waals surface area contributed by atoms with Crippen LogP contribution in [0.1, 0.15) is 25.0 Å². The molecule has 5 heteroatoms. The van der Waals surface area contributed by atoms with Gasteiger partial charge in [-0.2, -0.15) is 5.26 Å². The summed E-state index contributed by atoms with van der Waals surface area (Å²) in [7, 11) is -1.89. The lowest BCUT2D eigenvalue weighted by Crippen LogP contribution is -2.30. The summed E-state index contributed by atoms with van der Waals surface area (Å²) in [5.74, 6) is 0.267. The van der Waals surface area contributed by atoms with E-state index < -0.39 is 10.0 Å². The van der Waals surface area contributed by atoms with Gasteiger partial charge in [0.1, 0.15) is 0 Å². The van der Waals surface area contributed by atoms with E-state index in [1.54, 1.807) is 20.0 Å². The average Bonchev–Trinajstić information content (AvgIpc) is 2.27. The van der Waals surface area contributed by atoms with Gasteiger partial charge in [-0.1, -0.05) is 13.8 Å². The van der Waals surface area contributed by atoms with Crippen LogP contribution in [0.5, 0.6) is 0 Å². The lowest BCUT2D eigenvalue weighted by molar-refractivity contribution is 0.417. The number of benzene rings is 1. The first-order valence-electron chi connectivity index (χ1n) is 5.76. The molecule has 0 heterocycles. The van der Waals surface area contributed by atoms with Gasteiger partial charge < -0.3 is 0 Å².